The minimum absolute atomic E-state index is 0.237. The number of nitrogens with zero attached hydrogens (tertiary/aromatic N) is 1. The zero-order valence-electron chi connectivity index (χ0n) is 18.6. The number of likely N-dealkylation sites (tertiary alicyclic amines) is 1. The Kier molecular flexibility index (Phi) is 6.20. The van der Waals surface area contributed by atoms with E-state index in [1.165, 1.54) is 78.7 Å². The largest absolute Gasteiger partial charge is 0.376 e. The van der Waals surface area contributed by atoms with E-state index >= 15 is 0 Å². The van der Waals surface area contributed by atoms with Crippen LogP contribution in [-0.2, 0) is 11.2 Å². The van der Waals surface area contributed by atoms with Gasteiger partial charge in [-0.3, -0.25) is 0 Å². The summed E-state index contributed by atoms with van der Waals surface area (Å²) in [4.78, 5) is 2.63. The summed E-state index contributed by atoms with van der Waals surface area (Å²) in [5.74, 6) is 0.633. The van der Waals surface area contributed by atoms with E-state index in [0.717, 1.165) is 6.42 Å². The topological polar surface area (TPSA) is 12.5 Å². The summed E-state index contributed by atoms with van der Waals surface area (Å²) in [5.41, 5.74) is 8.00. The number of hydrogen-bond acceptors (Lipinski definition) is 2. The van der Waals surface area contributed by atoms with Crippen LogP contribution < -0.4 is 0 Å². The molecule has 0 spiro atoms. The molecule has 160 valence electrons. The Labute approximate surface area is 186 Å². The van der Waals surface area contributed by atoms with Crippen molar-refractivity contribution < 1.29 is 4.74 Å². The van der Waals surface area contributed by atoms with Gasteiger partial charge in [0.2, 0.25) is 0 Å². The molecule has 5 rings (SSSR count). The third-order valence-electron chi connectivity index (χ3n) is 7.26. The van der Waals surface area contributed by atoms with E-state index in [-0.39, 0.29) is 6.10 Å². The summed E-state index contributed by atoms with van der Waals surface area (Å²) >= 11 is 0. The van der Waals surface area contributed by atoms with Gasteiger partial charge >= 0.3 is 0 Å². The first kappa shape index (κ1) is 20.5. The van der Waals surface area contributed by atoms with Gasteiger partial charge in [0.25, 0.3) is 0 Å². The summed E-state index contributed by atoms with van der Waals surface area (Å²) in [6.45, 7) is 3.80. The number of ether oxygens (including phenoxy) is 1. The molecule has 3 aromatic carbocycles. The van der Waals surface area contributed by atoms with Crippen molar-refractivity contribution in [3.8, 4) is 22.3 Å². The Morgan fingerprint density at radius 2 is 1.45 bits per heavy atom. The van der Waals surface area contributed by atoms with Gasteiger partial charge in [-0.15, -0.1) is 0 Å². The van der Waals surface area contributed by atoms with E-state index in [9.17, 15) is 0 Å². The Balaban J connectivity index is 1.32. The third-order valence-corrected chi connectivity index (χ3v) is 7.26. The monoisotopic (exact) mass is 411 g/mol. The van der Waals surface area contributed by atoms with E-state index < -0.39 is 0 Å². The zero-order valence-corrected chi connectivity index (χ0v) is 18.6. The van der Waals surface area contributed by atoms with Gasteiger partial charge in [-0.25, -0.2) is 0 Å². The summed E-state index contributed by atoms with van der Waals surface area (Å²) in [6, 6.07) is 26.6. The quantitative estimate of drug-likeness (QED) is 0.444. The number of fused-ring (bicyclic) bond motifs is 1. The second kappa shape index (κ2) is 9.38. The highest BCUT2D eigenvalue weighted by atomic mass is 16.5. The molecule has 0 amide bonds. The second-order valence-electron chi connectivity index (χ2n) is 9.15. The molecule has 3 aromatic rings. The van der Waals surface area contributed by atoms with Crippen molar-refractivity contribution in [2.45, 2.75) is 38.2 Å². The smallest absolute Gasteiger partial charge is 0.0852 e. The van der Waals surface area contributed by atoms with Crippen molar-refractivity contribution in [1.82, 2.24) is 4.90 Å². The molecule has 1 aliphatic carbocycles. The molecule has 2 aliphatic rings. The van der Waals surface area contributed by atoms with Crippen molar-refractivity contribution in [2.24, 2.45) is 5.92 Å². The molecule has 2 nitrogen and oxygen atoms in total. The molecule has 2 heteroatoms. The highest BCUT2D eigenvalue weighted by molar-refractivity contribution is 5.71. The van der Waals surface area contributed by atoms with E-state index in [0.29, 0.717) is 5.92 Å². The molecular formula is C29H33NO. The fourth-order valence-electron chi connectivity index (χ4n) is 5.48. The molecule has 1 aliphatic heterocycles. The number of hydrogen-bond donors (Lipinski definition) is 0. The second-order valence-corrected chi connectivity index (χ2v) is 9.15. The van der Waals surface area contributed by atoms with Gasteiger partial charge in [0.1, 0.15) is 0 Å². The van der Waals surface area contributed by atoms with Gasteiger partial charge in [-0.05, 0) is 91.0 Å². The van der Waals surface area contributed by atoms with Crippen LogP contribution in [-0.4, -0.2) is 31.6 Å². The van der Waals surface area contributed by atoms with Crippen molar-refractivity contribution in [3.63, 3.8) is 0 Å². The standard InChI is InChI=1S/C29H33NO/c1-31-29-25(17-20-30-18-5-6-19-30)13-14-27-21-26(15-16-28(27)29)24-11-9-23(10-12-24)22-7-3-2-4-8-22/h2-4,7-12,15-16,21,25,29H,5-6,13-14,17-20H2,1H3. The van der Waals surface area contributed by atoms with E-state index in [1.807, 2.05) is 7.11 Å². The van der Waals surface area contributed by atoms with Crippen LogP contribution in [0.15, 0.2) is 72.8 Å². The summed E-state index contributed by atoms with van der Waals surface area (Å²) in [7, 11) is 1.89. The Morgan fingerprint density at radius 3 is 2.16 bits per heavy atom. The summed E-state index contributed by atoms with van der Waals surface area (Å²) < 4.78 is 6.04. The molecule has 2 unspecified atom stereocenters. The van der Waals surface area contributed by atoms with Crippen LogP contribution in [0.3, 0.4) is 0 Å². The molecule has 0 bridgehead atoms. The highest BCUT2D eigenvalue weighted by Gasteiger charge is 2.30. The molecule has 0 radical (unpaired) electrons. The summed E-state index contributed by atoms with van der Waals surface area (Å²) in [6.07, 6.45) is 6.62. The van der Waals surface area contributed by atoms with Crippen LogP contribution in [0.25, 0.3) is 22.3 Å². The average molecular weight is 412 g/mol. The van der Waals surface area contributed by atoms with Crippen LogP contribution in [0.5, 0.6) is 0 Å². The van der Waals surface area contributed by atoms with Crippen molar-refractivity contribution >= 4 is 0 Å². The number of rotatable bonds is 6. The van der Waals surface area contributed by atoms with Crippen LogP contribution in [0, 0.1) is 5.92 Å². The highest BCUT2D eigenvalue weighted by Crippen LogP contribution is 2.40. The van der Waals surface area contributed by atoms with Crippen LogP contribution in [0.4, 0.5) is 0 Å². The minimum Gasteiger partial charge on any atom is -0.376 e. The fourth-order valence-corrected chi connectivity index (χ4v) is 5.48. The molecule has 1 saturated heterocycles. The number of benzene rings is 3. The maximum absolute atomic E-state index is 6.04. The van der Waals surface area contributed by atoms with Gasteiger partial charge in [0.05, 0.1) is 6.10 Å². The predicted octanol–water partition coefficient (Wildman–Crippen LogP) is 6.76. The van der Waals surface area contributed by atoms with E-state index in [1.54, 1.807) is 0 Å². The van der Waals surface area contributed by atoms with Crippen molar-refractivity contribution in [2.75, 3.05) is 26.7 Å². The van der Waals surface area contributed by atoms with Crippen LogP contribution in [0.2, 0.25) is 0 Å². The zero-order chi connectivity index (χ0) is 21.0. The number of aryl methyl sites for hydroxylation is 1. The Hall–Kier alpha value is -2.42. The van der Waals surface area contributed by atoms with Gasteiger partial charge in [-0.2, -0.15) is 0 Å². The third kappa shape index (κ3) is 4.46. The molecule has 0 saturated carbocycles. The predicted molar refractivity (Wildman–Crippen MR) is 129 cm³/mol. The fraction of sp³-hybridized carbons (Fsp3) is 0.379. The molecular weight excluding hydrogens is 378 g/mol. The summed E-state index contributed by atoms with van der Waals surface area (Å²) in [5, 5.41) is 0. The van der Waals surface area contributed by atoms with E-state index in [2.05, 4.69) is 77.7 Å². The maximum Gasteiger partial charge on any atom is 0.0852 e. The van der Waals surface area contributed by atoms with Crippen molar-refractivity contribution in [3.05, 3.63) is 83.9 Å². The Morgan fingerprint density at radius 1 is 0.806 bits per heavy atom. The lowest BCUT2D eigenvalue weighted by Gasteiger charge is -2.34. The normalized spacial score (nSPS) is 21.2. The van der Waals surface area contributed by atoms with Gasteiger partial charge in [0, 0.05) is 7.11 Å². The van der Waals surface area contributed by atoms with Crippen LogP contribution >= 0.6 is 0 Å². The van der Waals surface area contributed by atoms with Crippen molar-refractivity contribution in [1.29, 1.82) is 0 Å². The molecule has 31 heavy (non-hydrogen) atoms. The number of methoxy groups -OCH3 is 1. The maximum atomic E-state index is 6.04. The molecule has 0 N–H and O–H groups in total. The minimum atomic E-state index is 0.237. The lowest BCUT2D eigenvalue weighted by molar-refractivity contribution is 0.0334. The first-order valence-corrected chi connectivity index (χ1v) is 11.9. The molecule has 1 heterocycles. The first-order chi connectivity index (χ1) is 15.3. The molecule has 1 fully saturated rings. The van der Waals surface area contributed by atoms with E-state index in [4.69, 9.17) is 4.74 Å². The SMILES string of the molecule is COC1c2ccc(-c3ccc(-c4ccccc4)cc3)cc2CCC1CCN1CCCC1. The lowest BCUT2D eigenvalue weighted by Crippen LogP contribution is -2.28. The average Bonchev–Trinajstić information content (AvgIpc) is 3.36. The van der Waals surface area contributed by atoms with Gasteiger partial charge in [0.15, 0.2) is 0 Å². The first-order valence-electron chi connectivity index (χ1n) is 11.9. The lowest BCUT2D eigenvalue weighted by atomic mass is 9.78. The molecule has 0 aromatic heterocycles. The Bertz CT molecular complexity index is 989. The molecule has 2 atom stereocenters. The van der Waals surface area contributed by atoms with Gasteiger partial charge in [-0.1, -0.05) is 72.8 Å². The van der Waals surface area contributed by atoms with Crippen LogP contribution in [0.1, 0.15) is 42.9 Å². The van der Waals surface area contributed by atoms with Gasteiger partial charge < -0.3 is 9.64 Å².